The van der Waals surface area contributed by atoms with Gasteiger partial charge in [0.25, 0.3) is 0 Å². The Morgan fingerprint density at radius 1 is 1.73 bits per heavy atom. The molecule has 1 aromatic rings. The minimum absolute atomic E-state index is 0.273. The molecule has 0 saturated heterocycles. The number of thiophene rings is 1. The summed E-state index contributed by atoms with van der Waals surface area (Å²) < 4.78 is 5.09. The molecule has 3 heteroatoms. The fourth-order valence-corrected chi connectivity index (χ4v) is 1.32. The number of ether oxygens (including phenoxy) is 1. The molecule has 0 aliphatic rings. The van der Waals surface area contributed by atoms with Crippen molar-refractivity contribution in [2.45, 2.75) is 13.0 Å². The van der Waals surface area contributed by atoms with Crippen molar-refractivity contribution < 1.29 is 4.74 Å². The molecule has 0 fully saturated rings. The first-order valence-corrected chi connectivity index (χ1v) is 4.56. The summed E-state index contributed by atoms with van der Waals surface area (Å²) in [5.41, 5.74) is 1.18. The van der Waals surface area contributed by atoms with Crippen LogP contribution in [0.1, 0.15) is 6.92 Å². The number of hydrogen-bond donors (Lipinski definition) is 1. The molecule has 11 heavy (non-hydrogen) atoms. The summed E-state index contributed by atoms with van der Waals surface area (Å²) in [7, 11) is 1.72. The molecule has 0 aliphatic carbocycles. The zero-order chi connectivity index (χ0) is 8.10. The Morgan fingerprint density at radius 3 is 3.09 bits per heavy atom. The predicted molar refractivity (Wildman–Crippen MR) is 49.3 cm³/mol. The summed E-state index contributed by atoms with van der Waals surface area (Å²) in [6.45, 7) is 2.91. The smallest absolute Gasteiger partial charge is 0.0715 e. The van der Waals surface area contributed by atoms with Crippen LogP contribution in [0.2, 0.25) is 0 Å². The van der Waals surface area contributed by atoms with Gasteiger partial charge in [0.05, 0.1) is 6.10 Å². The summed E-state index contributed by atoms with van der Waals surface area (Å²) in [6.07, 6.45) is 0.273. The lowest BCUT2D eigenvalue weighted by molar-refractivity contribution is 0.129. The molecule has 0 aromatic carbocycles. The standard InChI is InChI=1S/C8H13NOS/c1-7(10-2)5-9-8-3-4-11-6-8/h3-4,6-7,9H,5H2,1-2H3. The minimum atomic E-state index is 0.273. The van der Waals surface area contributed by atoms with Gasteiger partial charge in [-0.05, 0) is 18.4 Å². The first-order valence-electron chi connectivity index (χ1n) is 3.62. The zero-order valence-corrected chi connectivity index (χ0v) is 7.65. The molecule has 1 unspecified atom stereocenters. The van der Waals surface area contributed by atoms with Gasteiger partial charge in [-0.25, -0.2) is 0 Å². The molecule has 1 rings (SSSR count). The van der Waals surface area contributed by atoms with E-state index in [9.17, 15) is 0 Å². The van der Waals surface area contributed by atoms with Crippen LogP contribution in [0, 0.1) is 0 Å². The molecule has 0 amide bonds. The fraction of sp³-hybridized carbons (Fsp3) is 0.500. The fourth-order valence-electron chi connectivity index (χ4n) is 0.710. The average Bonchev–Trinajstić information content (AvgIpc) is 2.52. The normalized spacial score (nSPS) is 12.9. The van der Waals surface area contributed by atoms with E-state index in [0.29, 0.717) is 0 Å². The highest BCUT2D eigenvalue weighted by atomic mass is 32.1. The maximum atomic E-state index is 5.09. The van der Waals surface area contributed by atoms with Crippen LogP contribution in [0.15, 0.2) is 16.8 Å². The number of methoxy groups -OCH3 is 1. The second-order valence-electron chi connectivity index (χ2n) is 2.44. The molecule has 0 bridgehead atoms. The van der Waals surface area contributed by atoms with Crippen LogP contribution in [-0.2, 0) is 4.74 Å². The summed E-state index contributed by atoms with van der Waals surface area (Å²) in [5, 5.41) is 7.40. The maximum Gasteiger partial charge on any atom is 0.0715 e. The van der Waals surface area contributed by atoms with Gasteiger partial charge in [-0.1, -0.05) is 0 Å². The van der Waals surface area contributed by atoms with Crippen molar-refractivity contribution in [3.63, 3.8) is 0 Å². The van der Waals surface area contributed by atoms with Crippen molar-refractivity contribution in [3.05, 3.63) is 16.8 Å². The first-order chi connectivity index (χ1) is 5.33. The summed E-state index contributed by atoms with van der Waals surface area (Å²) >= 11 is 1.70. The van der Waals surface area contributed by atoms with Gasteiger partial charge >= 0.3 is 0 Å². The van der Waals surface area contributed by atoms with Gasteiger partial charge in [0.2, 0.25) is 0 Å². The molecule has 2 nitrogen and oxygen atoms in total. The highest BCUT2D eigenvalue weighted by Gasteiger charge is 1.97. The predicted octanol–water partition coefficient (Wildman–Crippen LogP) is 2.19. The molecular weight excluding hydrogens is 158 g/mol. The van der Waals surface area contributed by atoms with E-state index in [1.807, 2.05) is 6.92 Å². The zero-order valence-electron chi connectivity index (χ0n) is 6.83. The van der Waals surface area contributed by atoms with Crippen LogP contribution in [0.3, 0.4) is 0 Å². The van der Waals surface area contributed by atoms with Crippen molar-refractivity contribution in [1.82, 2.24) is 0 Å². The number of anilines is 1. The Morgan fingerprint density at radius 2 is 2.55 bits per heavy atom. The van der Waals surface area contributed by atoms with Crippen LogP contribution in [-0.4, -0.2) is 19.8 Å². The lowest BCUT2D eigenvalue weighted by Gasteiger charge is -2.09. The van der Waals surface area contributed by atoms with E-state index < -0.39 is 0 Å². The van der Waals surface area contributed by atoms with Gasteiger partial charge in [-0.3, -0.25) is 0 Å². The van der Waals surface area contributed by atoms with E-state index in [2.05, 4.69) is 22.1 Å². The van der Waals surface area contributed by atoms with Crippen molar-refractivity contribution in [3.8, 4) is 0 Å². The van der Waals surface area contributed by atoms with Crippen LogP contribution in [0.5, 0.6) is 0 Å². The quantitative estimate of drug-likeness (QED) is 0.749. The molecule has 0 radical (unpaired) electrons. The third-order valence-electron chi connectivity index (χ3n) is 1.52. The highest BCUT2D eigenvalue weighted by molar-refractivity contribution is 7.08. The Labute approximate surface area is 71.2 Å². The van der Waals surface area contributed by atoms with E-state index >= 15 is 0 Å². The van der Waals surface area contributed by atoms with Crippen molar-refractivity contribution in [2.24, 2.45) is 0 Å². The number of nitrogens with one attached hydrogen (secondary N) is 1. The SMILES string of the molecule is COC(C)CNc1ccsc1. The summed E-state index contributed by atoms with van der Waals surface area (Å²) in [6, 6.07) is 2.06. The molecular formula is C8H13NOS. The number of hydrogen-bond acceptors (Lipinski definition) is 3. The Kier molecular flexibility index (Phi) is 3.39. The van der Waals surface area contributed by atoms with Gasteiger partial charge in [-0.15, -0.1) is 0 Å². The molecule has 1 N–H and O–H groups in total. The Bertz CT molecular complexity index is 186. The molecule has 1 aromatic heterocycles. The first kappa shape index (κ1) is 8.56. The Hall–Kier alpha value is -0.540. The maximum absolute atomic E-state index is 5.09. The van der Waals surface area contributed by atoms with E-state index in [-0.39, 0.29) is 6.10 Å². The molecule has 1 atom stereocenters. The van der Waals surface area contributed by atoms with E-state index in [0.717, 1.165) is 6.54 Å². The lowest BCUT2D eigenvalue weighted by Crippen LogP contribution is -2.17. The van der Waals surface area contributed by atoms with Crippen LogP contribution >= 0.6 is 11.3 Å². The van der Waals surface area contributed by atoms with Gasteiger partial charge in [0, 0.05) is 24.7 Å². The van der Waals surface area contributed by atoms with Crippen molar-refractivity contribution in [2.75, 3.05) is 19.0 Å². The second kappa shape index (κ2) is 4.36. The molecule has 62 valence electrons. The topological polar surface area (TPSA) is 21.3 Å². The van der Waals surface area contributed by atoms with Crippen LogP contribution in [0.4, 0.5) is 5.69 Å². The van der Waals surface area contributed by atoms with E-state index in [1.165, 1.54) is 5.69 Å². The average molecular weight is 171 g/mol. The molecule has 1 heterocycles. The van der Waals surface area contributed by atoms with Gasteiger partial charge in [0.1, 0.15) is 0 Å². The van der Waals surface area contributed by atoms with Crippen LogP contribution < -0.4 is 5.32 Å². The number of rotatable bonds is 4. The second-order valence-corrected chi connectivity index (χ2v) is 3.22. The van der Waals surface area contributed by atoms with E-state index in [4.69, 9.17) is 4.74 Å². The third kappa shape index (κ3) is 2.91. The van der Waals surface area contributed by atoms with Gasteiger partial charge in [0.15, 0.2) is 0 Å². The van der Waals surface area contributed by atoms with E-state index in [1.54, 1.807) is 18.4 Å². The molecule has 0 spiro atoms. The molecule has 0 aliphatic heterocycles. The summed E-state index contributed by atoms with van der Waals surface area (Å²) in [4.78, 5) is 0. The van der Waals surface area contributed by atoms with Crippen molar-refractivity contribution in [1.29, 1.82) is 0 Å². The highest BCUT2D eigenvalue weighted by Crippen LogP contribution is 2.11. The third-order valence-corrected chi connectivity index (χ3v) is 2.20. The molecule has 0 saturated carbocycles. The monoisotopic (exact) mass is 171 g/mol. The Balaban J connectivity index is 2.23. The van der Waals surface area contributed by atoms with Crippen molar-refractivity contribution >= 4 is 17.0 Å². The van der Waals surface area contributed by atoms with Gasteiger partial charge < -0.3 is 10.1 Å². The summed E-state index contributed by atoms with van der Waals surface area (Å²) in [5.74, 6) is 0. The minimum Gasteiger partial charge on any atom is -0.382 e. The lowest BCUT2D eigenvalue weighted by atomic mass is 10.4. The van der Waals surface area contributed by atoms with Gasteiger partial charge in [-0.2, -0.15) is 11.3 Å². The largest absolute Gasteiger partial charge is 0.382 e. The van der Waals surface area contributed by atoms with Crippen LogP contribution in [0.25, 0.3) is 0 Å².